The molecule has 12 rings (SSSR count). The molecular weight excluding hydrogens is 649 g/mol. The average molecular weight is 677 g/mol. The zero-order chi connectivity index (χ0) is 34.6. The number of furan rings is 1. The minimum atomic E-state index is 0.628. The number of fused-ring (bicyclic) bond motifs is 13. The van der Waals surface area contributed by atoms with Crippen molar-refractivity contribution >= 4 is 87.2 Å². The Morgan fingerprint density at radius 1 is 0.377 bits per heavy atom. The maximum atomic E-state index is 7.08. The number of para-hydroxylation sites is 4. The number of rotatable bonds is 3. The largest absolute Gasteiger partial charge is 0.455 e. The van der Waals surface area contributed by atoms with Crippen LogP contribution in [-0.2, 0) is 0 Å². The first kappa shape index (κ1) is 28.5. The minimum Gasteiger partial charge on any atom is -0.455 e. The lowest BCUT2D eigenvalue weighted by Crippen LogP contribution is -2.03. The Balaban J connectivity index is 1.19. The van der Waals surface area contributed by atoms with Crippen LogP contribution < -0.4 is 0 Å². The van der Waals surface area contributed by atoms with E-state index in [0.29, 0.717) is 5.95 Å². The molecule has 0 bridgehead atoms. The van der Waals surface area contributed by atoms with E-state index in [2.05, 4.69) is 161 Å². The third-order valence-corrected chi connectivity index (χ3v) is 10.9. The summed E-state index contributed by atoms with van der Waals surface area (Å²) in [6.45, 7) is 0. The third kappa shape index (κ3) is 3.91. The summed E-state index contributed by atoms with van der Waals surface area (Å²) in [4.78, 5) is 10.5. The molecule has 0 aliphatic rings. The minimum absolute atomic E-state index is 0.628. The van der Waals surface area contributed by atoms with Crippen molar-refractivity contribution < 1.29 is 4.42 Å². The van der Waals surface area contributed by atoms with E-state index in [4.69, 9.17) is 14.4 Å². The van der Waals surface area contributed by atoms with Gasteiger partial charge in [-0.1, -0.05) is 127 Å². The zero-order valence-corrected chi connectivity index (χ0v) is 28.4. The number of benzene rings is 8. The lowest BCUT2D eigenvalue weighted by atomic mass is 10.0. The number of nitrogens with zero attached hydrogens (tertiary/aromatic N) is 4. The van der Waals surface area contributed by atoms with Crippen molar-refractivity contribution in [2.45, 2.75) is 0 Å². The number of hydrogen-bond acceptors (Lipinski definition) is 3. The van der Waals surface area contributed by atoms with Crippen LogP contribution in [0.25, 0.3) is 110 Å². The topological polar surface area (TPSA) is 48.8 Å². The molecule has 0 fully saturated rings. The summed E-state index contributed by atoms with van der Waals surface area (Å²) in [5.74, 6) is 0.628. The molecule has 5 heteroatoms. The molecule has 4 aromatic heterocycles. The predicted octanol–water partition coefficient (Wildman–Crippen LogP) is 12.5. The fourth-order valence-electron chi connectivity index (χ4n) is 8.65. The summed E-state index contributed by atoms with van der Waals surface area (Å²) in [6.07, 6.45) is 0. The van der Waals surface area contributed by atoms with Gasteiger partial charge in [0.15, 0.2) is 0 Å². The van der Waals surface area contributed by atoms with Gasteiger partial charge in [0.25, 0.3) is 0 Å². The van der Waals surface area contributed by atoms with E-state index in [-0.39, 0.29) is 0 Å². The number of aromatic nitrogens is 4. The average Bonchev–Trinajstić information content (AvgIpc) is 3.88. The molecule has 0 atom stereocenters. The second-order valence-corrected chi connectivity index (χ2v) is 13.7. The van der Waals surface area contributed by atoms with Crippen LogP contribution in [0.1, 0.15) is 0 Å². The maximum absolute atomic E-state index is 7.08. The van der Waals surface area contributed by atoms with E-state index < -0.39 is 0 Å². The molecule has 0 aliphatic carbocycles. The Hall–Kier alpha value is -7.24. The molecule has 0 unspecified atom stereocenters. The van der Waals surface area contributed by atoms with E-state index in [9.17, 15) is 0 Å². The van der Waals surface area contributed by atoms with Crippen LogP contribution in [0.4, 0.5) is 0 Å². The van der Waals surface area contributed by atoms with Gasteiger partial charge in [0.05, 0.1) is 44.4 Å². The van der Waals surface area contributed by atoms with Gasteiger partial charge in [-0.15, -0.1) is 0 Å². The first-order valence-electron chi connectivity index (χ1n) is 17.9. The van der Waals surface area contributed by atoms with E-state index >= 15 is 0 Å². The second kappa shape index (κ2) is 10.6. The molecule has 5 nitrogen and oxygen atoms in total. The molecule has 8 aromatic carbocycles. The summed E-state index contributed by atoms with van der Waals surface area (Å²) >= 11 is 0. The maximum Gasteiger partial charge on any atom is 0.235 e. The van der Waals surface area contributed by atoms with E-state index in [0.717, 1.165) is 82.4 Å². The SMILES string of the molecule is c1ccc(-c2nc(-n3c4ccccc4c4c5oc6c7ccccc7c(-n7c8ccccc8c8ccccc87)cc6c5ccc43)nc3ccccc23)cc1. The van der Waals surface area contributed by atoms with Gasteiger partial charge in [0, 0.05) is 48.7 Å². The normalized spacial score (nSPS) is 12.2. The summed E-state index contributed by atoms with van der Waals surface area (Å²) in [5.41, 5.74) is 10.1. The molecule has 53 heavy (non-hydrogen) atoms. The highest BCUT2D eigenvalue weighted by molar-refractivity contribution is 6.27. The van der Waals surface area contributed by atoms with Gasteiger partial charge in [-0.05, 0) is 42.5 Å². The van der Waals surface area contributed by atoms with Crippen LogP contribution >= 0.6 is 0 Å². The highest BCUT2D eigenvalue weighted by Crippen LogP contribution is 2.45. The van der Waals surface area contributed by atoms with Crippen LogP contribution in [0.3, 0.4) is 0 Å². The van der Waals surface area contributed by atoms with E-state index in [1.165, 1.54) is 21.8 Å². The smallest absolute Gasteiger partial charge is 0.235 e. The molecule has 0 spiro atoms. The molecule has 0 saturated heterocycles. The molecule has 246 valence electrons. The van der Waals surface area contributed by atoms with Gasteiger partial charge in [-0.3, -0.25) is 4.57 Å². The summed E-state index contributed by atoms with van der Waals surface area (Å²) in [6, 6.07) is 59.9. The van der Waals surface area contributed by atoms with Crippen LogP contribution in [-0.4, -0.2) is 19.1 Å². The Bertz CT molecular complexity index is 3410. The van der Waals surface area contributed by atoms with Gasteiger partial charge >= 0.3 is 0 Å². The van der Waals surface area contributed by atoms with Crippen LogP contribution in [0.15, 0.2) is 174 Å². The van der Waals surface area contributed by atoms with Crippen LogP contribution in [0.5, 0.6) is 0 Å². The van der Waals surface area contributed by atoms with Crippen molar-refractivity contribution in [2.24, 2.45) is 0 Å². The quantitative estimate of drug-likeness (QED) is 0.187. The lowest BCUT2D eigenvalue weighted by molar-refractivity contribution is 0.676. The molecule has 0 amide bonds. The molecular formula is C48H28N4O. The van der Waals surface area contributed by atoms with Crippen molar-refractivity contribution in [3.05, 3.63) is 170 Å². The van der Waals surface area contributed by atoms with Crippen LogP contribution in [0.2, 0.25) is 0 Å². The monoisotopic (exact) mass is 676 g/mol. The molecule has 0 radical (unpaired) electrons. The predicted molar refractivity (Wildman–Crippen MR) is 218 cm³/mol. The van der Waals surface area contributed by atoms with Gasteiger partial charge < -0.3 is 8.98 Å². The second-order valence-electron chi connectivity index (χ2n) is 13.7. The Morgan fingerprint density at radius 2 is 0.943 bits per heavy atom. The fraction of sp³-hybridized carbons (Fsp3) is 0. The Kier molecular flexibility index (Phi) is 5.71. The highest BCUT2D eigenvalue weighted by Gasteiger charge is 2.23. The fourth-order valence-corrected chi connectivity index (χ4v) is 8.65. The van der Waals surface area contributed by atoms with Gasteiger partial charge in [0.1, 0.15) is 11.2 Å². The van der Waals surface area contributed by atoms with Crippen molar-refractivity contribution in [3.63, 3.8) is 0 Å². The molecule has 0 saturated carbocycles. The third-order valence-electron chi connectivity index (χ3n) is 10.9. The first-order chi connectivity index (χ1) is 26.3. The van der Waals surface area contributed by atoms with E-state index in [1.54, 1.807) is 0 Å². The summed E-state index contributed by atoms with van der Waals surface area (Å²) < 4.78 is 11.7. The molecule has 4 heterocycles. The standard InChI is InChI=1S/C48H28N4O/c1-2-14-29(15-3-1)45-35-20-6-10-22-38(35)49-48(50-45)52-41-25-13-9-21-36(41)44-42(52)27-26-34-37-28-43(32-18-4-5-19-33(32)46(37)53-47(34)44)51-39-23-11-7-16-30(39)31-17-8-12-24-40(31)51/h1-28H. The molecule has 12 aromatic rings. The first-order valence-corrected chi connectivity index (χ1v) is 17.9. The van der Waals surface area contributed by atoms with Gasteiger partial charge in [0.2, 0.25) is 5.95 Å². The summed E-state index contributed by atoms with van der Waals surface area (Å²) in [5, 5.41) is 10.0. The van der Waals surface area contributed by atoms with Gasteiger partial charge in [-0.25, -0.2) is 9.97 Å². The molecule has 0 aliphatic heterocycles. The van der Waals surface area contributed by atoms with Crippen LogP contribution in [0, 0.1) is 0 Å². The Morgan fingerprint density at radius 3 is 1.68 bits per heavy atom. The van der Waals surface area contributed by atoms with Crippen molar-refractivity contribution in [1.29, 1.82) is 0 Å². The van der Waals surface area contributed by atoms with Gasteiger partial charge in [-0.2, -0.15) is 0 Å². The van der Waals surface area contributed by atoms with Crippen molar-refractivity contribution in [1.82, 2.24) is 19.1 Å². The lowest BCUT2D eigenvalue weighted by Gasteiger charge is -2.12. The number of hydrogen-bond donors (Lipinski definition) is 0. The summed E-state index contributed by atoms with van der Waals surface area (Å²) in [7, 11) is 0. The van der Waals surface area contributed by atoms with Crippen molar-refractivity contribution in [3.8, 4) is 22.9 Å². The zero-order valence-electron chi connectivity index (χ0n) is 28.4. The Labute approximate surface area is 302 Å². The molecule has 0 N–H and O–H groups in total. The van der Waals surface area contributed by atoms with Crippen molar-refractivity contribution in [2.75, 3.05) is 0 Å². The van der Waals surface area contributed by atoms with E-state index in [1.807, 2.05) is 18.2 Å². The highest BCUT2D eigenvalue weighted by atomic mass is 16.3.